The van der Waals surface area contributed by atoms with Gasteiger partial charge in [-0.15, -0.1) is 0 Å². The number of carbonyl (C=O) groups excluding carboxylic acids is 1. The average Bonchev–Trinajstić information content (AvgIpc) is 3.00. The molecule has 3 heterocycles. The highest BCUT2D eigenvalue weighted by molar-refractivity contribution is 6.11. The van der Waals surface area contributed by atoms with Crippen molar-refractivity contribution < 1.29 is 9.53 Å². The number of ether oxygens (including phenoxy) is 1. The third-order valence-corrected chi connectivity index (χ3v) is 8.17. The Hall–Kier alpha value is -4.67. The van der Waals surface area contributed by atoms with Crippen molar-refractivity contribution in [1.82, 2.24) is 19.8 Å². The number of hydrogen-bond donors (Lipinski definition) is 2. The van der Waals surface area contributed by atoms with Crippen molar-refractivity contribution in [3.05, 3.63) is 89.1 Å². The van der Waals surface area contributed by atoms with Crippen LogP contribution in [0.2, 0.25) is 0 Å². The number of aryl methyl sites for hydroxylation is 2. The number of urea groups is 1. The van der Waals surface area contributed by atoms with E-state index in [9.17, 15) is 4.79 Å². The van der Waals surface area contributed by atoms with Crippen molar-refractivity contribution in [3.8, 4) is 5.75 Å². The van der Waals surface area contributed by atoms with Crippen molar-refractivity contribution in [2.24, 2.45) is 0 Å². The van der Waals surface area contributed by atoms with E-state index in [1.54, 1.807) is 41.3 Å². The lowest BCUT2D eigenvalue weighted by Gasteiger charge is -2.37. The number of likely N-dealkylation sites (N-methyl/N-ethyl adjacent to an activating group) is 1. The monoisotopic (exact) mass is 578 g/mol. The normalized spacial score (nSPS) is 15.9. The van der Waals surface area contributed by atoms with Gasteiger partial charge in [0, 0.05) is 61.9 Å². The maximum absolute atomic E-state index is 14.3. The third kappa shape index (κ3) is 5.84. The minimum Gasteiger partial charge on any atom is -0.494 e. The predicted octanol–water partition coefficient (Wildman–Crippen LogP) is 5.45. The van der Waals surface area contributed by atoms with E-state index >= 15 is 0 Å². The second-order valence-corrected chi connectivity index (χ2v) is 11.3. The highest BCUT2D eigenvalue weighted by atomic mass is 16.5. The van der Waals surface area contributed by atoms with Gasteiger partial charge < -0.3 is 20.7 Å². The van der Waals surface area contributed by atoms with Crippen LogP contribution in [0.5, 0.6) is 5.75 Å². The number of nitrogens with one attached hydrogen (secondary N) is 1. The SMILES string of the molecule is COc1cc(N)ccc1N1C(=O)N(c2c(C)cccc2C)Cc2cnc(Nc3ccc(CN4CCN(C)CC4)cc3)nc21. The van der Waals surface area contributed by atoms with Crippen LogP contribution in [0.1, 0.15) is 22.3 Å². The molecule has 4 aromatic rings. The van der Waals surface area contributed by atoms with Crippen LogP contribution in [0.25, 0.3) is 0 Å². The molecule has 2 amide bonds. The summed E-state index contributed by atoms with van der Waals surface area (Å²) in [5, 5.41) is 3.33. The summed E-state index contributed by atoms with van der Waals surface area (Å²) in [6.07, 6.45) is 1.79. The van der Waals surface area contributed by atoms with Gasteiger partial charge in [0.15, 0.2) is 5.82 Å². The Morgan fingerprint density at radius 1 is 0.977 bits per heavy atom. The van der Waals surface area contributed by atoms with Gasteiger partial charge in [0.25, 0.3) is 0 Å². The Kier molecular flexibility index (Phi) is 7.88. The Morgan fingerprint density at radius 3 is 2.40 bits per heavy atom. The Bertz CT molecular complexity index is 1610. The van der Waals surface area contributed by atoms with Crippen LogP contribution in [0.3, 0.4) is 0 Å². The summed E-state index contributed by atoms with van der Waals surface area (Å²) >= 11 is 0. The van der Waals surface area contributed by atoms with E-state index in [1.807, 2.05) is 44.2 Å². The molecule has 0 radical (unpaired) electrons. The lowest BCUT2D eigenvalue weighted by molar-refractivity contribution is 0.148. The van der Waals surface area contributed by atoms with Gasteiger partial charge in [-0.3, -0.25) is 9.80 Å². The topological polar surface area (TPSA) is 103 Å². The fourth-order valence-electron chi connectivity index (χ4n) is 5.80. The largest absolute Gasteiger partial charge is 0.494 e. The summed E-state index contributed by atoms with van der Waals surface area (Å²) < 4.78 is 5.67. The Labute approximate surface area is 252 Å². The van der Waals surface area contributed by atoms with Gasteiger partial charge >= 0.3 is 6.03 Å². The number of nitrogens with zero attached hydrogens (tertiary/aromatic N) is 6. The van der Waals surface area contributed by atoms with Crippen LogP contribution < -0.4 is 25.6 Å². The predicted molar refractivity (Wildman–Crippen MR) is 172 cm³/mol. The van der Waals surface area contributed by atoms with E-state index in [0.29, 0.717) is 35.4 Å². The molecule has 1 saturated heterocycles. The molecule has 3 N–H and O–H groups in total. The molecule has 10 nitrogen and oxygen atoms in total. The highest BCUT2D eigenvalue weighted by Crippen LogP contribution is 2.42. The number of nitrogens with two attached hydrogens (primary N) is 1. The van der Waals surface area contributed by atoms with Crippen molar-refractivity contribution >= 4 is 40.5 Å². The molecule has 0 aliphatic carbocycles. The first-order chi connectivity index (χ1) is 20.8. The number of rotatable bonds is 7. The highest BCUT2D eigenvalue weighted by Gasteiger charge is 2.37. The van der Waals surface area contributed by atoms with Gasteiger partial charge in [0.2, 0.25) is 5.95 Å². The lowest BCUT2D eigenvalue weighted by Crippen LogP contribution is -2.46. The molecular weight excluding hydrogens is 540 g/mol. The number of aromatic nitrogens is 2. The molecule has 1 aromatic heterocycles. The molecule has 43 heavy (non-hydrogen) atoms. The molecule has 0 atom stereocenters. The van der Waals surface area contributed by atoms with Crippen molar-refractivity contribution in [2.75, 3.05) is 61.2 Å². The number of methoxy groups -OCH3 is 1. The molecule has 0 spiro atoms. The van der Waals surface area contributed by atoms with Gasteiger partial charge in [-0.2, -0.15) is 4.98 Å². The molecule has 6 rings (SSSR count). The van der Waals surface area contributed by atoms with Crippen molar-refractivity contribution in [2.45, 2.75) is 26.9 Å². The molecule has 1 fully saturated rings. The van der Waals surface area contributed by atoms with E-state index in [0.717, 1.165) is 60.8 Å². The summed E-state index contributed by atoms with van der Waals surface area (Å²) in [6.45, 7) is 9.65. The zero-order valence-electron chi connectivity index (χ0n) is 25.2. The van der Waals surface area contributed by atoms with Crippen LogP contribution in [-0.2, 0) is 13.1 Å². The van der Waals surface area contributed by atoms with E-state index in [-0.39, 0.29) is 6.03 Å². The van der Waals surface area contributed by atoms with E-state index in [4.69, 9.17) is 15.5 Å². The first-order valence-electron chi connectivity index (χ1n) is 14.5. The molecule has 222 valence electrons. The summed E-state index contributed by atoms with van der Waals surface area (Å²) in [6, 6.07) is 19.4. The lowest BCUT2D eigenvalue weighted by atomic mass is 10.1. The van der Waals surface area contributed by atoms with Crippen LogP contribution in [0, 0.1) is 13.8 Å². The minimum absolute atomic E-state index is 0.231. The average molecular weight is 579 g/mol. The molecule has 0 saturated carbocycles. The molecule has 0 bridgehead atoms. The van der Waals surface area contributed by atoms with Gasteiger partial charge in [-0.25, -0.2) is 14.7 Å². The molecular formula is C33H38N8O2. The van der Waals surface area contributed by atoms with Crippen LogP contribution >= 0.6 is 0 Å². The summed E-state index contributed by atoms with van der Waals surface area (Å²) in [5.74, 6) is 1.38. The number of benzene rings is 3. The second kappa shape index (κ2) is 11.9. The van der Waals surface area contributed by atoms with E-state index in [1.165, 1.54) is 5.56 Å². The number of piperazine rings is 1. The van der Waals surface area contributed by atoms with E-state index < -0.39 is 0 Å². The van der Waals surface area contributed by atoms with Gasteiger partial charge in [-0.1, -0.05) is 30.3 Å². The van der Waals surface area contributed by atoms with E-state index in [2.05, 4.69) is 39.3 Å². The van der Waals surface area contributed by atoms with Gasteiger partial charge in [0.1, 0.15) is 5.75 Å². The summed E-state index contributed by atoms with van der Waals surface area (Å²) in [5.41, 5.74) is 13.0. The Morgan fingerprint density at radius 2 is 1.70 bits per heavy atom. The zero-order valence-corrected chi connectivity index (χ0v) is 25.2. The number of anilines is 6. The van der Waals surface area contributed by atoms with Gasteiger partial charge in [-0.05, 0) is 61.9 Å². The van der Waals surface area contributed by atoms with Crippen molar-refractivity contribution in [1.29, 1.82) is 0 Å². The van der Waals surface area contributed by atoms with Crippen molar-refractivity contribution in [3.63, 3.8) is 0 Å². The number of amides is 2. The number of nitrogen functional groups attached to an aromatic ring is 1. The van der Waals surface area contributed by atoms with Crippen LogP contribution in [0.15, 0.2) is 66.9 Å². The first kappa shape index (κ1) is 28.4. The quantitative estimate of drug-likeness (QED) is 0.279. The zero-order chi connectivity index (χ0) is 30.1. The molecule has 2 aliphatic heterocycles. The maximum atomic E-state index is 14.3. The molecule has 10 heteroatoms. The minimum atomic E-state index is -0.231. The second-order valence-electron chi connectivity index (χ2n) is 11.3. The number of carbonyl (C=O) groups is 1. The van der Waals surface area contributed by atoms with Crippen LogP contribution in [0.4, 0.5) is 39.3 Å². The Balaban J connectivity index is 1.32. The molecule has 3 aromatic carbocycles. The first-order valence-corrected chi connectivity index (χ1v) is 14.5. The number of fused-ring (bicyclic) bond motifs is 1. The maximum Gasteiger partial charge on any atom is 0.335 e. The van der Waals surface area contributed by atoms with Crippen LogP contribution in [-0.4, -0.2) is 66.1 Å². The standard InChI is InChI=1S/C33H38N8O2/c1-22-6-5-7-23(2)30(22)40-21-25-19-35-32(36-27-11-8-24(9-12-27)20-39-16-14-38(3)15-17-39)37-31(25)41(33(40)42)28-13-10-26(34)18-29(28)43-4/h5-13,18-19H,14-17,20-21,34H2,1-4H3,(H,35,36,37). The fourth-order valence-corrected chi connectivity index (χ4v) is 5.80. The smallest absolute Gasteiger partial charge is 0.335 e. The fraction of sp³-hybridized carbons (Fsp3) is 0.303. The number of para-hydroxylation sites is 1. The van der Waals surface area contributed by atoms with Gasteiger partial charge in [0.05, 0.1) is 25.0 Å². The third-order valence-electron chi connectivity index (χ3n) is 8.17. The number of hydrogen-bond acceptors (Lipinski definition) is 8. The molecule has 0 unspecified atom stereocenters. The molecule has 2 aliphatic rings. The summed E-state index contributed by atoms with van der Waals surface area (Å²) in [4.78, 5) is 32.0. The summed E-state index contributed by atoms with van der Waals surface area (Å²) in [7, 11) is 3.74.